The Kier molecular flexibility index (Phi) is 6.50. The summed E-state index contributed by atoms with van der Waals surface area (Å²) in [5.41, 5.74) is 0.621. The molecule has 0 radical (unpaired) electrons. The van der Waals surface area contributed by atoms with Gasteiger partial charge in [0, 0.05) is 31.1 Å². The SMILES string of the molecule is CCCn1cc(NC(=O)CCCCCl)ccc1=O. The van der Waals surface area contributed by atoms with Gasteiger partial charge < -0.3 is 9.88 Å². The van der Waals surface area contributed by atoms with E-state index in [0.717, 1.165) is 19.3 Å². The van der Waals surface area contributed by atoms with Gasteiger partial charge in [0.1, 0.15) is 0 Å². The molecule has 0 saturated carbocycles. The first-order valence-corrected chi connectivity index (χ1v) is 6.77. The predicted molar refractivity (Wildman–Crippen MR) is 74.2 cm³/mol. The molecule has 5 heteroatoms. The number of amides is 1. The van der Waals surface area contributed by atoms with E-state index in [1.54, 1.807) is 16.8 Å². The Bertz CT molecular complexity index is 443. The van der Waals surface area contributed by atoms with E-state index in [2.05, 4.69) is 5.32 Å². The van der Waals surface area contributed by atoms with Crippen LogP contribution < -0.4 is 10.9 Å². The molecule has 1 aromatic heterocycles. The van der Waals surface area contributed by atoms with Gasteiger partial charge >= 0.3 is 0 Å². The number of anilines is 1. The summed E-state index contributed by atoms with van der Waals surface area (Å²) in [6, 6.07) is 3.11. The minimum atomic E-state index is -0.0445. The summed E-state index contributed by atoms with van der Waals surface area (Å²) in [5, 5.41) is 2.79. The molecular formula is C13H19ClN2O2. The lowest BCUT2D eigenvalue weighted by molar-refractivity contribution is -0.116. The first-order valence-electron chi connectivity index (χ1n) is 6.23. The molecule has 100 valence electrons. The van der Waals surface area contributed by atoms with Gasteiger partial charge in [-0.05, 0) is 25.3 Å². The van der Waals surface area contributed by atoms with Crippen molar-refractivity contribution in [2.24, 2.45) is 0 Å². The number of rotatable bonds is 7. The van der Waals surface area contributed by atoms with Gasteiger partial charge in [-0.3, -0.25) is 9.59 Å². The zero-order valence-corrected chi connectivity index (χ0v) is 11.4. The average Bonchev–Trinajstić information content (AvgIpc) is 2.34. The van der Waals surface area contributed by atoms with Gasteiger partial charge in [-0.15, -0.1) is 11.6 Å². The number of carbonyl (C=O) groups excluding carboxylic acids is 1. The second kappa shape index (κ2) is 7.93. The third-order valence-corrected chi connectivity index (χ3v) is 2.79. The van der Waals surface area contributed by atoms with Crippen molar-refractivity contribution >= 4 is 23.2 Å². The highest BCUT2D eigenvalue weighted by Gasteiger charge is 2.03. The molecule has 0 bridgehead atoms. The molecule has 1 rings (SSSR count). The van der Waals surface area contributed by atoms with Crippen molar-refractivity contribution in [3.05, 3.63) is 28.7 Å². The molecule has 4 nitrogen and oxygen atoms in total. The Morgan fingerprint density at radius 3 is 2.83 bits per heavy atom. The maximum atomic E-state index is 11.6. The Balaban J connectivity index is 2.59. The van der Waals surface area contributed by atoms with Crippen molar-refractivity contribution in [2.75, 3.05) is 11.2 Å². The minimum absolute atomic E-state index is 0.0400. The van der Waals surface area contributed by atoms with Crippen molar-refractivity contribution in [3.8, 4) is 0 Å². The van der Waals surface area contributed by atoms with Crippen LogP contribution in [-0.2, 0) is 11.3 Å². The first kappa shape index (κ1) is 14.8. The van der Waals surface area contributed by atoms with Crippen molar-refractivity contribution < 1.29 is 4.79 Å². The first-order chi connectivity index (χ1) is 8.67. The van der Waals surface area contributed by atoms with Gasteiger partial charge in [-0.1, -0.05) is 6.92 Å². The van der Waals surface area contributed by atoms with Crippen LogP contribution in [-0.4, -0.2) is 16.4 Å². The highest BCUT2D eigenvalue weighted by Crippen LogP contribution is 2.06. The number of carbonyl (C=O) groups is 1. The van der Waals surface area contributed by atoms with Crippen molar-refractivity contribution in [3.63, 3.8) is 0 Å². The molecular weight excluding hydrogens is 252 g/mol. The van der Waals surface area contributed by atoms with Gasteiger partial charge in [0.2, 0.25) is 5.91 Å². The lowest BCUT2D eigenvalue weighted by Gasteiger charge is -2.08. The molecule has 0 saturated heterocycles. The van der Waals surface area contributed by atoms with E-state index < -0.39 is 0 Å². The average molecular weight is 271 g/mol. The fraction of sp³-hybridized carbons (Fsp3) is 0.538. The Hall–Kier alpha value is -1.29. The summed E-state index contributed by atoms with van der Waals surface area (Å²) in [6.07, 6.45) is 4.65. The van der Waals surface area contributed by atoms with E-state index in [9.17, 15) is 9.59 Å². The van der Waals surface area contributed by atoms with E-state index in [1.807, 2.05) is 6.92 Å². The molecule has 0 spiro atoms. The Labute approximate surface area is 112 Å². The van der Waals surface area contributed by atoms with Crippen LogP contribution in [0.2, 0.25) is 0 Å². The normalized spacial score (nSPS) is 10.3. The number of pyridine rings is 1. The summed E-state index contributed by atoms with van der Waals surface area (Å²) in [4.78, 5) is 23.1. The molecule has 18 heavy (non-hydrogen) atoms. The molecule has 1 N–H and O–H groups in total. The molecule has 0 aliphatic rings. The summed E-state index contributed by atoms with van der Waals surface area (Å²) in [7, 11) is 0. The molecule has 0 fully saturated rings. The molecule has 0 atom stereocenters. The topological polar surface area (TPSA) is 51.1 Å². The number of nitrogens with one attached hydrogen (secondary N) is 1. The van der Waals surface area contributed by atoms with Crippen LogP contribution in [0.15, 0.2) is 23.1 Å². The molecule has 0 aliphatic heterocycles. The van der Waals surface area contributed by atoms with Gasteiger partial charge in [-0.2, -0.15) is 0 Å². The standard InChI is InChI=1S/C13H19ClN2O2/c1-2-9-16-10-11(6-7-13(16)18)15-12(17)5-3-4-8-14/h6-7,10H,2-5,8-9H2,1H3,(H,15,17). The van der Waals surface area contributed by atoms with Gasteiger partial charge in [0.05, 0.1) is 5.69 Å². The quantitative estimate of drug-likeness (QED) is 0.612. The zero-order chi connectivity index (χ0) is 13.4. The summed E-state index contributed by atoms with van der Waals surface area (Å²) in [5.74, 6) is 0.538. The number of hydrogen-bond donors (Lipinski definition) is 1. The van der Waals surface area contributed by atoms with Crippen LogP contribution in [0.5, 0.6) is 0 Å². The zero-order valence-electron chi connectivity index (χ0n) is 10.6. The molecule has 0 aromatic carbocycles. The van der Waals surface area contributed by atoms with Crippen LogP contribution in [0.1, 0.15) is 32.6 Å². The third-order valence-electron chi connectivity index (χ3n) is 2.52. The second-order valence-electron chi connectivity index (χ2n) is 4.14. The maximum Gasteiger partial charge on any atom is 0.250 e. The summed E-state index contributed by atoms with van der Waals surface area (Å²) in [6.45, 7) is 2.67. The van der Waals surface area contributed by atoms with E-state index in [-0.39, 0.29) is 11.5 Å². The smallest absolute Gasteiger partial charge is 0.250 e. The van der Waals surface area contributed by atoms with Crippen molar-refractivity contribution in [2.45, 2.75) is 39.2 Å². The van der Waals surface area contributed by atoms with Crippen LogP contribution in [0.4, 0.5) is 5.69 Å². The lowest BCUT2D eigenvalue weighted by atomic mass is 10.2. The number of aromatic nitrogens is 1. The maximum absolute atomic E-state index is 11.6. The largest absolute Gasteiger partial charge is 0.325 e. The molecule has 1 amide bonds. The minimum Gasteiger partial charge on any atom is -0.325 e. The second-order valence-corrected chi connectivity index (χ2v) is 4.52. The molecule has 0 unspecified atom stereocenters. The fourth-order valence-corrected chi connectivity index (χ4v) is 1.81. The Morgan fingerprint density at radius 1 is 1.39 bits per heavy atom. The van der Waals surface area contributed by atoms with Gasteiger partial charge in [-0.25, -0.2) is 0 Å². The molecule has 0 aliphatic carbocycles. The van der Waals surface area contributed by atoms with E-state index in [0.29, 0.717) is 24.5 Å². The van der Waals surface area contributed by atoms with Crippen LogP contribution in [0, 0.1) is 0 Å². The van der Waals surface area contributed by atoms with E-state index in [4.69, 9.17) is 11.6 Å². The van der Waals surface area contributed by atoms with Crippen molar-refractivity contribution in [1.29, 1.82) is 0 Å². The number of unbranched alkanes of at least 4 members (excludes halogenated alkanes) is 1. The molecule has 1 aromatic rings. The Morgan fingerprint density at radius 2 is 2.17 bits per heavy atom. The van der Waals surface area contributed by atoms with Gasteiger partial charge in [0.15, 0.2) is 0 Å². The molecule has 1 heterocycles. The third kappa shape index (κ3) is 4.92. The number of aryl methyl sites for hydroxylation is 1. The highest BCUT2D eigenvalue weighted by atomic mass is 35.5. The van der Waals surface area contributed by atoms with Crippen molar-refractivity contribution in [1.82, 2.24) is 4.57 Å². The number of halogens is 1. The summed E-state index contributed by atoms with van der Waals surface area (Å²) < 4.78 is 1.61. The lowest BCUT2D eigenvalue weighted by Crippen LogP contribution is -2.20. The van der Waals surface area contributed by atoms with Crippen LogP contribution in [0.25, 0.3) is 0 Å². The van der Waals surface area contributed by atoms with E-state index in [1.165, 1.54) is 6.07 Å². The monoisotopic (exact) mass is 270 g/mol. The highest BCUT2D eigenvalue weighted by molar-refractivity contribution is 6.17. The number of hydrogen-bond acceptors (Lipinski definition) is 2. The van der Waals surface area contributed by atoms with Crippen LogP contribution >= 0.6 is 11.6 Å². The van der Waals surface area contributed by atoms with Gasteiger partial charge in [0.25, 0.3) is 5.56 Å². The predicted octanol–water partition coefficient (Wildman–Crippen LogP) is 2.61. The van der Waals surface area contributed by atoms with Crippen LogP contribution in [0.3, 0.4) is 0 Å². The number of alkyl halides is 1. The summed E-state index contributed by atoms with van der Waals surface area (Å²) >= 11 is 5.55. The fourth-order valence-electron chi connectivity index (χ4n) is 1.62. The van der Waals surface area contributed by atoms with E-state index >= 15 is 0 Å². The number of nitrogens with zero attached hydrogens (tertiary/aromatic N) is 1.